The van der Waals surface area contributed by atoms with Crippen LogP contribution >= 0.6 is 0 Å². The average Bonchev–Trinajstić information content (AvgIpc) is 2.79. The van der Waals surface area contributed by atoms with Crippen molar-refractivity contribution >= 4 is 16.1 Å². The van der Waals surface area contributed by atoms with Gasteiger partial charge in [0.1, 0.15) is 11.5 Å². The van der Waals surface area contributed by atoms with Crippen molar-refractivity contribution in [1.29, 1.82) is 0 Å². The molecular weight excluding hydrogens is 440 g/mol. The van der Waals surface area contributed by atoms with Crippen molar-refractivity contribution in [2.45, 2.75) is 50.2 Å². The maximum atomic E-state index is 12.9. The van der Waals surface area contributed by atoms with Crippen molar-refractivity contribution in [1.82, 2.24) is 0 Å². The molecule has 3 aromatic carbocycles. The van der Waals surface area contributed by atoms with E-state index in [2.05, 4.69) is 0 Å². The lowest BCUT2D eigenvalue weighted by Crippen LogP contribution is -2.31. The Morgan fingerprint density at radius 3 is 2.00 bits per heavy atom. The molecule has 0 saturated carbocycles. The highest BCUT2D eigenvalue weighted by Gasteiger charge is 2.29. The van der Waals surface area contributed by atoms with Crippen LogP contribution in [0.15, 0.2) is 89.8 Å². The smallest absolute Gasteiger partial charge is 0.337 e. The molecule has 0 aromatic heterocycles. The minimum absolute atomic E-state index is 0.0617. The highest BCUT2D eigenvalue weighted by atomic mass is 32.2. The maximum absolute atomic E-state index is 12.9. The van der Waals surface area contributed by atoms with Crippen LogP contribution in [0.1, 0.15) is 32.3 Å². The largest absolute Gasteiger partial charge is 0.461 e. The maximum Gasteiger partial charge on any atom is 0.337 e. The normalized spacial score (nSPS) is 12.3. The van der Waals surface area contributed by atoms with E-state index >= 15 is 0 Å². The molecule has 0 aliphatic heterocycles. The van der Waals surface area contributed by atoms with Crippen LogP contribution in [-0.2, 0) is 30.3 Å². The van der Waals surface area contributed by atoms with Crippen molar-refractivity contribution in [3.8, 4) is 11.5 Å². The zero-order valence-corrected chi connectivity index (χ0v) is 19.5. The van der Waals surface area contributed by atoms with E-state index in [1.54, 1.807) is 38.1 Å². The minimum atomic E-state index is -4.18. The number of para-hydroxylation sites is 1. The summed E-state index contributed by atoms with van der Waals surface area (Å²) in [5.74, 6) is 0.434. The lowest BCUT2D eigenvalue weighted by Gasteiger charge is -2.18. The second kappa shape index (κ2) is 11.6. The topological polar surface area (TPSA) is 78.9 Å². The molecule has 6 nitrogen and oxygen atoms in total. The predicted octanol–water partition coefficient (Wildman–Crippen LogP) is 5.53. The molecular formula is C26H28O6S. The molecule has 0 unspecified atom stereocenters. The first-order valence-corrected chi connectivity index (χ1v) is 12.2. The molecule has 0 saturated heterocycles. The fourth-order valence-electron chi connectivity index (χ4n) is 3.16. The Hall–Kier alpha value is -3.16. The van der Waals surface area contributed by atoms with Crippen LogP contribution < -0.4 is 4.74 Å². The third-order valence-corrected chi connectivity index (χ3v) is 6.06. The van der Waals surface area contributed by atoms with Crippen molar-refractivity contribution < 1.29 is 26.9 Å². The molecule has 0 bridgehead atoms. The zero-order valence-electron chi connectivity index (χ0n) is 18.7. The molecule has 0 spiro atoms. The van der Waals surface area contributed by atoms with Gasteiger partial charge in [-0.3, -0.25) is 4.18 Å². The number of ether oxygens (including phenoxy) is 2. The van der Waals surface area contributed by atoms with Gasteiger partial charge in [-0.1, -0.05) is 48.5 Å². The quantitative estimate of drug-likeness (QED) is 0.272. The summed E-state index contributed by atoms with van der Waals surface area (Å²) in [7, 11) is -4.18. The van der Waals surface area contributed by atoms with Crippen molar-refractivity contribution in [3.05, 3.63) is 90.5 Å². The van der Waals surface area contributed by atoms with Gasteiger partial charge in [-0.05, 0) is 75.1 Å². The van der Waals surface area contributed by atoms with Gasteiger partial charge in [-0.2, -0.15) is 8.42 Å². The number of hydrogen-bond acceptors (Lipinski definition) is 6. The summed E-state index contributed by atoms with van der Waals surface area (Å²) >= 11 is 0. The summed E-state index contributed by atoms with van der Waals surface area (Å²) in [4.78, 5) is 12.5. The number of esters is 1. The number of carbonyl (C=O) groups is 1. The summed E-state index contributed by atoms with van der Waals surface area (Å²) in [6, 6.07) is 24.8. The van der Waals surface area contributed by atoms with E-state index in [0.29, 0.717) is 24.3 Å². The number of rotatable bonds is 11. The van der Waals surface area contributed by atoms with Gasteiger partial charge in [0.15, 0.2) is 6.10 Å². The number of hydrogen-bond donors (Lipinski definition) is 0. The van der Waals surface area contributed by atoms with E-state index in [1.165, 1.54) is 12.1 Å². The van der Waals surface area contributed by atoms with Gasteiger partial charge in [-0.15, -0.1) is 0 Å². The van der Waals surface area contributed by atoms with E-state index in [0.717, 1.165) is 5.56 Å². The lowest BCUT2D eigenvalue weighted by atomic mass is 10.1. The first-order chi connectivity index (χ1) is 15.8. The molecule has 3 aromatic rings. The van der Waals surface area contributed by atoms with Gasteiger partial charge < -0.3 is 9.47 Å². The van der Waals surface area contributed by atoms with Crippen LogP contribution in [0.2, 0.25) is 0 Å². The first-order valence-electron chi connectivity index (χ1n) is 10.8. The molecule has 0 radical (unpaired) electrons. The van der Waals surface area contributed by atoms with Crippen LogP contribution in [-0.4, -0.2) is 26.6 Å². The van der Waals surface area contributed by atoms with E-state index < -0.39 is 22.2 Å². The van der Waals surface area contributed by atoms with Crippen molar-refractivity contribution in [3.63, 3.8) is 0 Å². The van der Waals surface area contributed by atoms with Crippen molar-refractivity contribution in [2.75, 3.05) is 0 Å². The fraction of sp³-hybridized carbons (Fsp3) is 0.269. The third kappa shape index (κ3) is 7.73. The molecule has 0 amide bonds. The van der Waals surface area contributed by atoms with Gasteiger partial charge in [-0.25, -0.2) is 4.79 Å². The van der Waals surface area contributed by atoms with Crippen LogP contribution in [0.3, 0.4) is 0 Å². The van der Waals surface area contributed by atoms with E-state index in [1.807, 2.05) is 48.5 Å². The van der Waals surface area contributed by atoms with Gasteiger partial charge in [0.2, 0.25) is 0 Å². The molecule has 1 atom stereocenters. The molecule has 0 aliphatic carbocycles. The summed E-state index contributed by atoms with van der Waals surface area (Å²) < 4.78 is 42.0. The van der Waals surface area contributed by atoms with Gasteiger partial charge in [0.25, 0.3) is 10.1 Å². The highest BCUT2D eigenvalue weighted by molar-refractivity contribution is 7.86. The van der Waals surface area contributed by atoms with Crippen LogP contribution in [0.5, 0.6) is 11.5 Å². The Labute approximate surface area is 195 Å². The molecule has 0 aliphatic rings. The van der Waals surface area contributed by atoms with Gasteiger partial charge >= 0.3 is 5.97 Å². The zero-order chi connectivity index (χ0) is 23.7. The average molecular weight is 469 g/mol. The summed E-state index contributed by atoms with van der Waals surface area (Å²) in [6.45, 7) is 3.41. The highest BCUT2D eigenvalue weighted by Crippen LogP contribution is 2.24. The molecule has 0 N–H and O–H groups in total. The Morgan fingerprint density at radius 2 is 1.39 bits per heavy atom. The Bertz CT molecular complexity index is 1110. The summed E-state index contributed by atoms with van der Waals surface area (Å²) in [6.07, 6.45) is -0.117. The summed E-state index contributed by atoms with van der Waals surface area (Å²) in [5.41, 5.74) is 1.10. The van der Waals surface area contributed by atoms with E-state index in [-0.39, 0.29) is 17.4 Å². The molecule has 3 rings (SSSR count). The Morgan fingerprint density at radius 1 is 0.818 bits per heavy atom. The van der Waals surface area contributed by atoms with Crippen LogP contribution in [0.4, 0.5) is 0 Å². The fourth-order valence-corrected chi connectivity index (χ4v) is 4.22. The van der Waals surface area contributed by atoms with E-state index in [9.17, 15) is 13.2 Å². The summed E-state index contributed by atoms with van der Waals surface area (Å²) in [5, 5.41) is 0. The van der Waals surface area contributed by atoms with E-state index in [4.69, 9.17) is 13.7 Å². The molecule has 0 fully saturated rings. The monoisotopic (exact) mass is 468 g/mol. The van der Waals surface area contributed by atoms with Gasteiger partial charge in [0, 0.05) is 0 Å². The van der Waals surface area contributed by atoms with Crippen LogP contribution in [0, 0.1) is 0 Å². The Balaban J connectivity index is 1.68. The third-order valence-electron chi connectivity index (χ3n) is 4.72. The van der Waals surface area contributed by atoms with Gasteiger partial charge in [0.05, 0.1) is 11.0 Å². The second-order valence-corrected chi connectivity index (χ2v) is 9.36. The number of benzene rings is 3. The Kier molecular flexibility index (Phi) is 8.63. The minimum Gasteiger partial charge on any atom is -0.461 e. The number of aryl methyl sites for hydroxylation is 1. The molecule has 0 heterocycles. The molecule has 33 heavy (non-hydrogen) atoms. The SMILES string of the molecule is CC(C)OC(=O)[C@@H](CCCc1ccccc1)OS(=O)(=O)c1ccc(Oc2ccccc2)cc1. The first kappa shape index (κ1) is 24.5. The molecule has 7 heteroatoms. The molecule has 174 valence electrons. The standard InChI is InChI=1S/C26H28O6S/c1-20(2)30-26(27)25(15-9-12-21-10-5-3-6-11-21)32-33(28,29)24-18-16-23(17-19-24)31-22-13-7-4-8-14-22/h3-8,10-11,13-14,16-20,25H,9,12,15H2,1-2H3/t25-/m1/s1. The predicted molar refractivity (Wildman–Crippen MR) is 126 cm³/mol. The second-order valence-electron chi connectivity index (χ2n) is 7.79. The van der Waals surface area contributed by atoms with Crippen LogP contribution in [0.25, 0.3) is 0 Å². The number of carbonyl (C=O) groups excluding carboxylic acids is 1. The lowest BCUT2D eigenvalue weighted by molar-refractivity contribution is -0.156. The van der Waals surface area contributed by atoms with Crippen molar-refractivity contribution in [2.24, 2.45) is 0 Å².